The highest BCUT2D eigenvalue weighted by atomic mass is 19.1. The lowest BCUT2D eigenvalue weighted by molar-refractivity contribution is 0.100. The van der Waals surface area contributed by atoms with Crippen LogP contribution in [0.4, 0.5) is 21.7 Å². The zero-order valence-electron chi connectivity index (χ0n) is 17.2. The molecule has 1 fully saturated rings. The number of nitrogens with zero attached hydrogens (tertiary/aromatic N) is 2. The van der Waals surface area contributed by atoms with Gasteiger partial charge in [-0.25, -0.2) is 14.4 Å². The summed E-state index contributed by atoms with van der Waals surface area (Å²) in [5, 5.41) is 7.05. The van der Waals surface area contributed by atoms with Crippen LogP contribution in [0.25, 0.3) is 10.9 Å². The molecule has 2 aromatic heterocycles. The number of pyridine rings is 2. The quantitative estimate of drug-likeness (QED) is 0.478. The Kier molecular flexibility index (Phi) is 5.85. The maximum absolute atomic E-state index is 14.7. The van der Waals surface area contributed by atoms with Crippen LogP contribution in [0.1, 0.15) is 36.0 Å². The topological polar surface area (TPSA) is 128 Å². The van der Waals surface area contributed by atoms with E-state index in [-0.39, 0.29) is 29.3 Å². The number of nitrogens with one attached hydrogen (secondary N) is 2. The molecule has 31 heavy (non-hydrogen) atoms. The van der Waals surface area contributed by atoms with Crippen molar-refractivity contribution in [3.8, 4) is 5.88 Å². The minimum absolute atomic E-state index is 0.0380. The van der Waals surface area contributed by atoms with Gasteiger partial charge in [0.2, 0.25) is 5.88 Å². The van der Waals surface area contributed by atoms with Crippen LogP contribution in [0.2, 0.25) is 0 Å². The van der Waals surface area contributed by atoms with Crippen LogP contribution >= 0.6 is 0 Å². The van der Waals surface area contributed by atoms with Crippen LogP contribution in [-0.2, 0) is 0 Å². The van der Waals surface area contributed by atoms with E-state index in [2.05, 4.69) is 20.6 Å². The SMILES string of the molecule is COc1ccc2cc(Nc3nc(NC4CCCCC4N)c(F)cc3C(N)=O)ccc2n1. The Hall–Kier alpha value is -3.46. The fraction of sp³-hybridized carbons (Fsp3) is 0.318. The van der Waals surface area contributed by atoms with Crippen molar-refractivity contribution in [2.24, 2.45) is 11.5 Å². The summed E-state index contributed by atoms with van der Waals surface area (Å²) in [6.45, 7) is 0. The van der Waals surface area contributed by atoms with Crippen LogP contribution in [0.5, 0.6) is 5.88 Å². The van der Waals surface area contributed by atoms with E-state index in [1.807, 2.05) is 18.2 Å². The number of nitrogens with two attached hydrogens (primary N) is 2. The van der Waals surface area contributed by atoms with Crippen LogP contribution in [0, 0.1) is 5.82 Å². The van der Waals surface area contributed by atoms with Gasteiger partial charge in [0.05, 0.1) is 18.2 Å². The summed E-state index contributed by atoms with van der Waals surface area (Å²) >= 11 is 0. The van der Waals surface area contributed by atoms with Gasteiger partial charge in [-0.2, -0.15) is 0 Å². The Balaban J connectivity index is 1.65. The summed E-state index contributed by atoms with van der Waals surface area (Å²) in [5.74, 6) is -0.696. The second kappa shape index (κ2) is 8.73. The first-order chi connectivity index (χ1) is 14.9. The van der Waals surface area contributed by atoms with E-state index in [1.54, 1.807) is 19.2 Å². The molecule has 0 radical (unpaired) electrons. The van der Waals surface area contributed by atoms with Gasteiger partial charge >= 0.3 is 0 Å². The van der Waals surface area contributed by atoms with Crippen LogP contribution < -0.4 is 26.8 Å². The van der Waals surface area contributed by atoms with Gasteiger partial charge in [0.1, 0.15) is 5.82 Å². The zero-order chi connectivity index (χ0) is 22.0. The predicted octanol–water partition coefficient (Wildman–Crippen LogP) is 3.30. The number of primary amides is 1. The average molecular weight is 424 g/mol. The number of hydrogen-bond acceptors (Lipinski definition) is 7. The van der Waals surface area contributed by atoms with Gasteiger partial charge in [-0.05, 0) is 43.2 Å². The second-order valence-corrected chi connectivity index (χ2v) is 7.66. The summed E-state index contributed by atoms with van der Waals surface area (Å²) in [6.07, 6.45) is 3.79. The number of ether oxygens (including phenoxy) is 1. The molecule has 0 aliphatic heterocycles. The van der Waals surface area contributed by atoms with Crippen molar-refractivity contribution in [2.45, 2.75) is 37.8 Å². The van der Waals surface area contributed by atoms with Gasteiger partial charge in [-0.3, -0.25) is 4.79 Å². The molecular weight excluding hydrogens is 399 g/mol. The third-order valence-electron chi connectivity index (χ3n) is 5.52. The highest BCUT2D eigenvalue weighted by molar-refractivity contribution is 5.99. The van der Waals surface area contributed by atoms with Crippen molar-refractivity contribution >= 4 is 34.1 Å². The van der Waals surface area contributed by atoms with Crippen molar-refractivity contribution in [2.75, 3.05) is 17.7 Å². The normalized spacial score (nSPS) is 18.5. The van der Waals surface area contributed by atoms with Crippen molar-refractivity contribution in [3.63, 3.8) is 0 Å². The molecule has 8 nitrogen and oxygen atoms in total. The lowest BCUT2D eigenvalue weighted by Gasteiger charge is -2.30. The Morgan fingerprint density at radius 2 is 1.94 bits per heavy atom. The Morgan fingerprint density at radius 1 is 1.13 bits per heavy atom. The zero-order valence-corrected chi connectivity index (χ0v) is 17.2. The first-order valence-electron chi connectivity index (χ1n) is 10.2. The number of benzene rings is 1. The van der Waals surface area contributed by atoms with Gasteiger partial charge in [0.25, 0.3) is 5.91 Å². The number of carbonyl (C=O) groups is 1. The molecule has 1 amide bonds. The molecule has 1 aliphatic carbocycles. The molecule has 3 aromatic rings. The van der Waals surface area contributed by atoms with E-state index in [1.165, 1.54) is 0 Å². The number of carbonyl (C=O) groups excluding carboxylic acids is 1. The molecule has 6 N–H and O–H groups in total. The summed E-state index contributed by atoms with van der Waals surface area (Å²) in [7, 11) is 1.56. The summed E-state index contributed by atoms with van der Waals surface area (Å²) in [5.41, 5.74) is 13.0. The van der Waals surface area contributed by atoms with E-state index in [4.69, 9.17) is 16.2 Å². The van der Waals surface area contributed by atoms with E-state index in [0.717, 1.165) is 42.7 Å². The third-order valence-corrected chi connectivity index (χ3v) is 5.52. The fourth-order valence-electron chi connectivity index (χ4n) is 3.82. The van der Waals surface area contributed by atoms with Crippen LogP contribution in [0.3, 0.4) is 0 Å². The van der Waals surface area contributed by atoms with Gasteiger partial charge in [-0.15, -0.1) is 0 Å². The minimum Gasteiger partial charge on any atom is -0.481 e. The fourth-order valence-corrected chi connectivity index (χ4v) is 3.82. The minimum atomic E-state index is -0.776. The molecule has 1 aromatic carbocycles. The number of amides is 1. The molecule has 162 valence electrons. The van der Waals surface area contributed by atoms with E-state index in [0.29, 0.717) is 11.6 Å². The number of hydrogen-bond donors (Lipinski definition) is 4. The van der Waals surface area contributed by atoms with Crippen molar-refractivity contribution in [3.05, 3.63) is 47.8 Å². The summed E-state index contributed by atoms with van der Waals surface area (Å²) in [4.78, 5) is 20.6. The number of rotatable bonds is 6. The first-order valence-corrected chi connectivity index (χ1v) is 10.2. The Labute approximate surface area is 179 Å². The molecule has 4 rings (SSSR count). The van der Waals surface area contributed by atoms with Gasteiger partial charge in [0.15, 0.2) is 11.6 Å². The molecule has 0 spiro atoms. The molecule has 2 unspecified atom stereocenters. The lowest BCUT2D eigenvalue weighted by atomic mass is 9.91. The summed E-state index contributed by atoms with van der Waals surface area (Å²) in [6, 6.07) is 10.0. The van der Waals surface area contributed by atoms with E-state index in [9.17, 15) is 9.18 Å². The number of anilines is 3. The van der Waals surface area contributed by atoms with E-state index < -0.39 is 11.7 Å². The largest absolute Gasteiger partial charge is 0.481 e. The molecule has 2 atom stereocenters. The van der Waals surface area contributed by atoms with Crippen molar-refractivity contribution in [1.82, 2.24) is 9.97 Å². The highest BCUT2D eigenvalue weighted by Gasteiger charge is 2.24. The number of fused-ring (bicyclic) bond motifs is 1. The first kappa shape index (κ1) is 20.8. The van der Waals surface area contributed by atoms with Crippen LogP contribution in [-0.4, -0.2) is 35.1 Å². The highest BCUT2D eigenvalue weighted by Crippen LogP contribution is 2.28. The third kappa shape index (κ3) is 4.51. The average Bonchev–Trinajstić information content (AvgIpc) is 2.76. The monoisotopic (exact) mass is 424 g/mol. The smallest absolute Gasteiger partial charge is 0.252 e. The van der Waals surface area contributed by atoms with Crippen LogP contribution in [0.15, 0.2) is 36.4 Å². The molecule has 0 bridgehead atoms. The number of methoxy groups -OCH3 is 1. The number of aromatic nitrogens is 2. The van der Waals surface area contributed by atoms with Gasteiger partial charge in [0, 0.05) is 29.2 Å². The molecule has 1 saturated carbocycles. The van der Waals surface area contributed by atoms with Gasteiger partial charge in [-0.1, -0.05) is 12.8 Å². The second-order valence-electron chi connectivity index (χ2n) is 7.66. The van der Waals surface area contributed by atoms with Crippen molar-refractivity contribution < 1.29 is 13.9 Å². The Morgan fingerprint density at radius 3 is 2.68 bits per heavy atom. The van der Waals surface area contributed by atoms with Gasteiger partial charge < -0.3 is 26.8 Å². The molecule has 0 saturated heterocycles. The van der Waals surface area contributed by atoms with E-state index >= 15 is 0 Å². The summed E-state index contributed by atoms with van der Waals surface area (Å²) < 4.78 is 19.8. The predicted molar refractivity (Wildman–Crippen MR) is 118 cm³/mol. The molecule has 2 heterocycles. The Bertz CT molecular complexity index is 1120. The molecular formula is C22H25FN6O2. The lowest BCUT2D eigenvalue weighted by Crippen LogP contribution is -2.43. The maximum Gasteiger partial charge on any atom is 0.252 e. The molecule has 9 heteroatoms. The molecule has 1 aliphatic rings. The standard InChI is InChI=1S/C22H25FN6O2/c1-31-19-9-6-12-10-13(7-8-17(12)27-19)26-21-14(20(25)30)11-15(23)22(29-21)28-18-5-3-2-4-16(18)24/h6-11,16,18H,2-5,24H2,1H3,(H2,25,30)(H2,26,28,29). The maximum atomic E-state index is 14.7. The number of halogens is 1. The van der Waals surface area contributed by atoms with Crippen molar-refractivity contribution in [1.29, 1.82) is 0 Å².